The van der Waals surface area contributed by atoms with Gasteiger partial charge in [0.15, 0.2) is 0 Å². The normalized spacial score (nSPS) is 13.9. The van der Waals surface area contributed by atoms with Crippen LogP contribution in [0.2, 0.25) is 0 Å². The van der Waals surface area contributed by atoms with Gasteiger partial charge in [0, 0.05) is 18.7 Å². The highest BCUT2D eigenvalue weighted by atomic mass is 16.6. The molecule has 0 atom stereocenters. The Morgan fingerprint density at radius 2 is 1.91 bits per heavy atom. The van der Waals surface area contributed by atoms with Crippen molar-refractivity contribution < 1.29 is 14.3 Å². The molecule has 0 unspecified atom stereocenters. The molecule has 0 aliphatic heterocycles. The molecule has 0 fully saturated rings. The molecular weight excluding hydrogens is 292 g/mol. The van der Waals surface area contributed by atoms with Gasteiger partial charge in [-0.25, -0.2) is 4.79 Å². The van der Waals surface area contributed by atoms with Gasteiger partial charge in [-0.15, -0.1) is 0 Å². The fourth-order valence-electron chi connectivity index (χ4n) is 2.70. The molecule has 0 aromatic heterocycles. The maximum Gasteiger partial charge on any atom is 0.407 e. The van der Waals surface area contributed by atoms with Gasteiger partial charge in [0.2, 0.25) is 5.91 Å². The van der Waals surface area contributed by atoms with Crippen LogP contribution in [0, 0.1) is 0 Å². The SMILES string of the molecule is CC(C)(C)OC(=O)NCCC(=O)Nc1cccc2c1CCCC2. The molecule has 0 radical (unpaired) electrons. The molecule has 0 heterocycles. The van der Waals surface area contributed by atoms with Crippen LogP contribution in [0.5, 0.6) is 0 Å². The maximum absolute atomic E-state index is 12.1. The molecule has 2 amide bonds. The Hall–Kier alpha value is -2.04. The highest BCUT2D eigenvalue weighted by Crippen LogP contribution is 2.27. The third-order valence-electron chi connectivity index (χ3n) is 3.69. The number of carbonyl (C=O) groups excluding carboxylic acids is 2. The molecule has 1 aromatic carbocycles. The summed E-state index contributed by atoms with van der Waals surface area (Å²) < 4.78 is 5.13. The quantitative estimate of drug-likeness (QED) is 0.894. The first kappa shape index (κ1) is 17.3. The van der Waals surface area contributed by atoms with E-state index in [1.54, 1.807) is 20.8 Å². The molecule has 2 N–H and O–H groups in total. The summed E-state index contributed by atoms with van der Waals surface area (Å²) in [5, 5.41) is 5.56. The fraction of sp³-hybridized carbons (Fsp3) is 0.556. The number of benzene rings is 1. The topological polar surface area (TPSA) is 67.4 Å². The number of amides is 2. The van der Waals surface area contributed by atoms with E-state index >= 15 is 0 Å². The number of fused-ring (bicyclic) bond motifs is 1. The minimum absolute atomic E-state index is 0.0972. The van der Waals surface area contributed by atoms with Crippen LogP contribution < -0.4 is 10.6 Å². The first-order valence-corrected chi connectivity index (χ1v) is 8.22. The smallest absolute Gasteiger partial charge is 0.407 e. The summed E-state index contributed by atoms with van der Waals surface area (Å²) >= 11 is 0. The number of hydrogen-bond donors (Lipinski definition) is 2. The molecule has 0 saturated heterocycles. The van der Waals surface area contributed by atoms with E-state index < -0.39 is 11.7 Å². The van der Waals surface area contributed by atoms with Crippen LogP contribution in [-0.2, 0) is 22.4 Å². The van der Waals surface area contributed by atoms with Crippen molar-refractivity contribution in [1.82, 2.24) is 5.32 Å². The van der Waals surface area contributed by atoms with Crippen LogP contribution in [0.4, 0.5) is 10.5 Å². The van der Waals surface area contributed by atoms with E-state index in [4.69, 9.17) is 4.74 Å². The fourth-order valence-corrected chi connectivity index (χ4v) is 2.70. The summed E-state index contributed by atoms with van der Waals surface area (Å²) in [7, 11) is 0. The van der Waals surface area contributed by atoms with Crippen molar-refractivity contribution in [3.63, 3.8) is 0 Å². The van der Waals surface area contributed by atoms with Gasteiger partial charge in [0.05, 0.1) is 0 Å². The molecule has 0 spiro atoms. The first-order chi connectivity index (χ1) is 10.8. The van der Waals surface area contributed by atoms with Crippen LogP contribution in [0.3, 0.4) is 0 Å². The van der Waals surface area contributed by atoms with E-state index in [1.807, 2.05) is 12.1 Å². The zero-order valence-electron chi connectivity index (χ0n) is 14.2. The van der Waals surface area contributed by atoms with Crippen molar-refractivity contribution in [2.24, 2.45) is 0 Å². The second-order valence-corrected chi connectivity index (χ2v) is 6.88. The Kier molecular flexibility index (Phi) is 5.64. The van der Waals surface area contributed by atoms with Crippen molar-refractivity contribution in [2.75, 3.05) is 11.9 Å². The molecule has 5 heteroatoms. The van der Waals surface area contributed by atoms with Crippen molar-refractivity contribution in [1.29, 1.82) is 0 Å². The molecule has 2 rings (SSSR count). The van der Waals surface area contributed by atoms with Gasteiger partial charge in [0.1, 0.15) is 5.60 Å². The Morgan fingerprint density at radius 3 is 2.65 bits per heavy atom. The predicted octanol–water partition coefficient (Wildman–Crippen LogP) is 3.42. The Morgan fingerprint density at radius 1 is 1.17 bits per heavy atom. The number of alkyl carbamates (subject to hydrolysis) is 1. The zero-order valence-corrected chi connectivity index (χ0v) is 14.2. The van der Waals surface area contributed by atoms with E-state index in [0.29, 0.717) is 0 Å². The average molecular weight is 318 g/mol. The number of anilines is 1. The molecule has 0 bridgehead atoms. The van der Waals surface area contributed by atoms with Gasteiger partial charge in [-0.2, -0.15) is 0 Å². The summed E-state index contributed by atoms with van der Waals surface area (Å²) in [6.07, 6.45) is 4.20. The number of ether oxygens (including phenoxy) is 1. The van der Waals surface area contributed by atoms with Crippen LogP contribution in [0.1, 0.15) is 51.2 Å². The van der Waals surface area contributed by atoms with Gasteiger partial charge in [0.25, 0.3) is 0 Å². The van der Waals surface area contributed by atoms with Gasteiger partial charge in [-0.3, -0.25) is 4.79 Å². The standard InChI is InChI=1S/C18H26N2O3/c1-18(2,3)23-17(22)19-12-11-16(21)20-15-10-6-8-13-7-4-5-9-14(13)15/h6,8,10H,4-5,7,9,11-12H2,1-3H3,(H,19,22)(H,20,21). The van der Waals surface area contributed by atoms with Crippen molar-refractivity contribution in [3.8, 4) is 0 Å². The third kappa shape index (κ3) is 5.58. The van der Waals surface area contributed by atoms with Crippen molar-refractivity contribution >= 4 is 17.7 Å². The second kappa shape index (κ2) is 7.49. The van der Waals surface area contributed by atoms with E-state index in [2.05, 4.69) is 16.7 Å². The van der Waals surface area contributed by atoms with Crippen LogP contribution in [-0.4, -0.2) is 24.1 Å². The largest absolute Gasteiger partial charge is 0.444 e. The Bertz CT molecular complexity index is 576. The van der Waals surface area contributed by atoms with E-state index in [0.717, 1.165) is 18.5 Å². The monoisotopic (exact) mass is 318 g/mol. The van der Waals surface area contributed by atoms with Crippen LogP contribution in [0.15, 0.2) is 18.2 Å². The number of aryl methyl sites for hydroxylation is 1. The number of hydrogen-bond acceptors (Lipinski definition) is 3. The molecule has 0 saturated carbocycles. The number of carbonyl (C=O) groups is 2. The zero-order chi connectivity index (χ0) is 16.9. The molecule has 1 aliphatic rings. The molecular formula is C18H26N2O3. The lowest BCUT2D eigenvalue weighted by molar-refractivity contribution is -0.116. The lowest BCUT2D eigenvalue weighted by Crippen LogP contribution is -2.34. The van der Waals surface area contributed by atoms with Gasteiger partial charge in [-0.05, 0) is 63.6 Å². The van der Waals surface area contributed by atoms with Gasteiger partial charge < -0.3 is 15.4 Å². The number of rotatable bonds is 4. The van der Waals surface area contributed by atoms with E-state index in [9.17, 15) is 9.59 Å². The molecule has 23 heavy (non-hydrogen) atoms. The lowest BCUT2D eigenvalue weighted by Gasteiger charge is -2.20. The van der Waals surface area contributed by atoms with Crippen molar-refractivity contribution in [3.05, 3.63) is 29.3 Å². The van der Waals surface area contributed by atoms with E-state index in [1.165, 1.54) is 24.0 Å². The lowest BCUT2D eigenvalue weighted by atomic mass is 9.90. The minimum Gasteiger partial charge on any atom is -0.444 e. The third-order valence-corrected chi connectivity index (χ3v) is 3.69. The second-order valence-electron chi connectivity index (χ2n) is 6.88. The molecule has 1 aromatic rings. The summed E-state index contributed by atoms with van der Waals surface area (Å²) in [6.45, 7) is 5.67. The van der Waals surface area contributed by atoms with Gasteiger partial charge >= 0.3 is 6.09 Å². The maximum atomic E-state index is 12.1. The Balaban J connectivity index is 1.81. The molecule has 126 valence electrons. The van der Waals surface area contributed by atoms with Crippen molar-refractivity contribution in [2.45, 2.75) is 58.5 Å². The first-order valence-electron chi connectivity index (χ1n) is 8.22. The van der Waals surface area contributed by atoms with Crippen LogP contribution in [0.25, 0.3) is 0 Å². The molecule has 1 aliphatic carbocycles. The van der Waals surface area contributed by atoms with Gasteiger partial charge in [-0.1, -0.05) is 12.1 Å². The van der Waals surface area contributed by atoms with Crippen LogP contribution >= 0.6 is 0 Å². The highest BCUT2D eigenvalue weighted by molar-refractivity contribution is 5.92. The number of nitrogens with one attached hydrogen (secondary N) is 2. The summed E-state index contributed by atoms with van der Waals surface area (Å²) in [5.74, 6) is -0.0972. The summed E-state index contributed by atoms with van der Waals surface area (Å²) in [4.78, 5) is 23.6. The Labute approximate surface area is 137 Å². The summed E-state index contributed by atoms with van der Waals surface area (Å²) in [5.41, 5.74) is 2.97. The average Bonchev–Trinajstić information content (AvgIpc) is 2.45. The predicted molar refractivity (Wildman–Crippen MR) is 90.6 cm³/mol. The highest BCUT2D eigenvalue weighted by Gasteiger charge is 2.17. The molecule has 5 nitrogen and oxygen atoms in total. The minimum atomic E-state index is -0.532. The van der Waals surface area contributed by atoms with E-state index in [-0.39, 0.29) is 18.9 Å². The summed E-state index contributed by atoms with van der Waals surface area (Å²) in [6, 6.07) is 6.07.